The van der Waals surface area contributed by atoms with Crippen molar-refractivity contribution in [3.63, 3.8) is 0 Å². The second-order valence-electron chi connectivity index (χ2n) is 6.34. The average molecular weight is 380 g/mol. The van der Waals surface area contributed by atoms with E-state index in [1.807, 2.05) is 9.80 Å². The Morgan fingerprint density at radius 1 is 1.00 bits per heavy atom. The number of amides is 2. The second kappa shape index (κ2) is 7.43. The third-order valence-electron chi connectivity index (χ3n) is 4.75. The minimum Gasteiger partial charge on any atom is -0.342 e. The highest BCUT2D eigenvalue weighted by molar-refractivity contribution is 9.10. The molecule has 0 radical (unpaired) electrons. The van der Waals surface area contributed by atoms with E-state index in [0.29, 0.717) is 24.6 Å². The largest absolute Gasteiger partial charge is 0.342 e. The smallest absolute Gasteiger partial charge is 0.255 e. The summed E-state index contributed by atoms with van der Waals surface area (Å²) in [5, 5.41) is 0. The third-order valence-corrected chi connectivity index (χ3v) is 5.18. The minimum atomic E-state index is 0.00247. The fourth-order valence-electron chi connectivity index (χ4n) is 3.41. The first-order chi connectivity index (χ1) is 11.1. The Hall–Kier alpha value is -1.43. The highest BCUT2D eigenvalue weighted by Gasteiger charge is 2.31. The molecule has 2 fully saturated rings. The second-order valence-corrected chi connectivity index (χ2v) is 7.26. The van der Waals surface area contributed by atoms with Gasteiger partial charge in [-0.05, 0) is 54.1 Å². The number of carbonyl (C=O) groups is 2. The molecule has 0 aromatic carbocycles. The number of rotatable bonds is 2. The zero-order valence-corrected chi connectivity index (χ0v) is 14.8. The summed E-state index contributed by atoms with van der Waals surface area (Å²) >= 11 is 3.34. The van der Waals surface area contributed by atoms with Gasteiger partial charge in [0.15, 0.2) is 0 Å². The molecule has 2 aliphatic heterocycles. The molecular weight excluding hydrogens is 358 g/mol. The van der Waals surface area contributed by atoms with Crippen molar-refractivity contribution in [2.45, 2.75) is 32.1 Å². The van der Waals surface area contributed by atoms with E-state index in [4.69, 9.17) is 0 Å². The average Bonchev–Trinajstić information content (AvgIpc) is 2.61. The molecular formula is C17H22BrN3O2. The highest BCUT2D eigenvalue weighted by Crippen LogP contribution is 2.23. The van der Waals surface area contributed by atoms with E-state index in [-0.39, 0.29) is 11.8 Å². The van der Waals surface area contributed by atoms with Crippen molar-refractivity contribution in [3.8, 4) is 0 Å². The molecule has 0 aliphatic carbocycles. The first-order valence-corrected chi connectivity index (χ1v) is 9.13. The topological polar surface area (TPSA) is 53.5 Å². The fraction of sp³-hybridized carbons (Fsp3) is 0.588. The van der Waals surface area contributed by atoms with Crippen LogP contribution in [0.15, 0.2) is 22.9 Å². The van der Waals surface area contributed by atoms with Crippen LogP contribution in [-0.4, -0.2) is 52.8 Å². The molecule has 2 saturated heterocycles. The molecule has 1 aromatic heterocycles. The van der Waals surface area contributed by atoms with Crippen molar-refractivity contribution in [1.29, 1.82) is 0 Å². The molecule has 2 aliphatic rings. The van der Waals surface area contributed by atoms with E-state index in [9.17, 15) is 9.59 Å². The SMILES string of the molecule is O=C(c1cncc(Br)c1)N1CCC(C(=O)N2CCCCC2)CC1. The van der Waals surface area contributed by atoms with Crippen LogP contribution in [0.4, 0.5) is 0 Å². The number of hydrogen-bond donors (Lipinski definition) is 0. The van der Waals surface area contributed by atoms with Crippen molar-refractivity contribution in [1.82, 2.24) is 14.8 Å². The van der Waals surface area contributed by atoms with Gasteiger partial charge in [-0.25, -0.2) is 0 Å². The molecule has 3 rings (SSSR count). The van der Waals surface area contributed by atoms with E-state index < -0.39 is 0 Å². The fourth-order valence-corrected chi connectivity index (χ4v) is 3.78. The van der Waals surface area contributed by atoms with Crippen molar-refractivity contribution in [2.75, 3.05) is 26.2 Å². The minimum absolute atomic E-state index is 0.00247. The molecule has 0 bridgehead atoms. The molecule has 23 heavy (non-hydrogen) atoms. The number of hydrogen-bond acceptors (Lipinski definition) is 3. The summed E-state index contributed by atoms with van der Waals surface area (Å²) in [5.74, 6) is 0.376. The number of likely N-dealkylation sites (tertiary alicyclic amines) is 2. The molecule has 6 heteroatoms. The molecule has 2 amide bonds. The lowest BCUT2D eigenvalue weighted by Gasteiger charge is -2.35. The van der Waals surface area contributed by atoms with Gasteiger partial charge in [0.25, 0.3) is 5.91 Å². The Balaban J connectivity index is 1.55. The van der Waals surface area contributed by atoms with Crippen LogP contribution < -0.4 is 0 Å². The Labute approximate surface area is 145 Å². The van der Waals surface area contributed by atoms with Gasteiger partial charge in [-0.2, -0.15) is 0 Å². The predicted octanol–water partition coefficient (Wildman–Crippen LogP) is 2.71. The van der Waals surface area contributed by atoms with E-state index in [0.717, 1.165) is 43.2 Å². The molecule has 3 heterocycles. The van der Waals surface area contributed by atoms with Gasteiger partial charge in [-0.3, -0.25) is 14.6 Å². The maximum Gasteiger partial charge on any atom is 0.255 e. The van der Waals surface area contributed by atoms with Crippen LogP contribution >= 0.6 is 15.9 Å². The Kier molecular flexibility index (Phi) is 5.30. The first-order valence-electron chi connectivity index (χ1n) is 8.34. The Morgan fingerprint density at radius 3 is 2.35 bits per heavy atom. The van der Waals surface area contributed by atoms with Crippen molar-refractivity contribution >= 4 is 27.7 Å². The van der Waals surface area contributed by atoms with Gasteiger partial charge in [0.1, 0.15) is 0 Å². The maximum atomic E-state index is 12.6. The summed E-state index contributed by atoms with van der Waals surface area (Å²) in [6, 6.07) is 1.79. The van der Waals surface area contributed by atoms with E-state index in [1.165, 1.54) is 6.42 Å². The van der Waals surface area contributed by atoms with Crippen molar-refractivity contribution in [3.05, 3.63) is 28.5 Å². The standard InChI is InChI=1S/C17H22BrN3O2/c18-15-10-14(11-19-12-15)17(23)21-8-4-13(5-9-21)16(22)20-6-2-1-3-7-20/h10-13H,1-9H2. The normalized spacial score (nSPS) is 19.7. The molecule has 0 unspecified atom stereocenters. The van der Waals surface area contributed by atoms with Gasteiger partial charge in [-0.1, -0.05) is 0 Å². The molecule has 0 saturated carbocycles. The number of carbonyl (C=O) groups excluding carboxylic acids is 2. The van der Waals surface area contributed by atoms with E-state index in [2.05, 4.69) is 20.9 Å². The van der Waals surface area contributed by atoms with Crippen LogP contribution in [0.1, 0.15) is 42.5 Å². The van der Waals surface area contributed by atoms with Gasteiger partial charge < -0.3 is 9.80 Å². The number of nitrogens with zero attached hydrogens (tertiary/aromatic N) is 3. The van der Waals surface area contributed by atoms with E-state index in [1.54, 1.807) is 18.5 Å². The summed E-state index contributed by atoms with van der Waals surface area (Å²) in [6.07, 6.45) is 8.28. The zero-order valence-electron chi connectivity index (χ0n) is 13.2. The number of halogens is 1. The lowest BCUT2D eigenvalue weighted by molar-refractivity contribution is -0.137. The number of pyridine rings is 1. The van der Waals surface area contributed by atoms with Gasteiger partial charge in [0.05, 0.1) is 5.56 Å². The summed E-state index contributed by atoms with van der Waals surface area (Å²) in [4.78, 5) is 33.0. The van der Waals surface area contributed by atoms with Crippen LogP contribution in [0.5, 0.6) is 0 Å². The predicted molar refractivity (Wildman–Crippen MR) is 91.0 cm³/mol. The van der Waals surface area contributed by atoms with E-state index >= 15 is 0 Å². The van der Waals surface area contributed by atoms with Crippen LogP contribution in [0, 0.1) is 5.92 Å². The summed E-state index contributed by atoms with van der Waals surface area (Å²) in [7, 11) is 0. The monoisotopic (exact) mass is 379 g/mol. The number of aromatic nitrogens is 1. The Morgan fingerprint density at radius 2 is 1.70 bits per heavy atom. The molecule has 0 atom stereocenters. The summed E-state index contributed by atoms with van der Waals surface area (Å²) < 4.78 is 0.804. The maximum absolute atomic E-state index is 12.6. The molecule has 1 aromatic rings. The van der Waals surface area contributed by atoms with Gasteiger partial charge in [-0.15, -0.1) is 0 Å². The lowest BCUT2D eigenvalue weighted by atomic mass is 9.94. The van der Waals surface area contributed by atoms with Gasteiger partial charge in [0.2, 0.25) is 5.91 Å². The molecule has 124 valence electrons. The van der Waals surface area contributed by atoms with Crippen LogP contribution in [0.3, 0.4) is 0 Å². The van der Waals surface area contributed by atoms with Crippen LogP contribution in [-0.2, 0) is 4.79 Å². The quantitative estimate of drug-likeness (QED) is 0.793. The van der Waals surface area contributed by atoms with Crippen molar-refractivity contribution < 1.29 is 9.59 Å². The summed E-state index contributed by atoms with van der Waals surface area (Å²) in [5.41, 5.74) is 0.597. The van der Waals surface area contributed by atoms with Crippen LogP contribution in [0.2, 0.25) is 0 Å². The zero-order chi connectivity index (χ0) is 16.2. The highest BCUT2D eigenvalue weighted by atomic mass is 79.9. The molecule has 0 N–H and O–H groups in total. The first kappa shape index (κ1) is 16.4. The molecule has 0 spiro atoms. The van der Waals surface area contributed by atoms with Crippen molar-refractivity contribution in [2.24, 2.45) is 5.92 Å². The van der Waals surface area contributed by atoms with Gasteiger partial charge in [0, 0.05) is 49.0 Å². The van der Waals surface area contributed by atoms with Gasteiger partial charge >= 0.3 is 0 Å². The Bertz CT molecular complexity index is 579. The molecule has 5 nitrogen and oxygen atoms in total. The summed E-state index contributed by atoms with van der Waals surface area (Å²) in [6.45, 7) is 3.11. The number of piperidine rings is 2. The lowest BCUT2D eigenvalue weighted by Crippen LogP contribution is -2.45. The van der Waals surface area contributed by atoms with Crippen LogP contribution in [0.25, 0.3) is 0 Å². The third kappa shape index (κ3) is 3.91.